The van der Waals surface area contributed by atoms with Gasteiger partial charge in [0.1, 0.15) is 11.6 Å². The van der Waals surface area contributed by atoms with Crippen molar-refractivity contribution in [3.05, 3.63) is 24.1 Å². The molecule has 3 heteroatoms. The average Bonchev–Trinajstić information content (AvgIpc) is 2.23. The Balaban J connectivity index is 2.57. The van der Waals surface area contributed by atoms with Gasteiger partial charge in [-0.15, -0.1) is 0 Å². The van der Waals surface area contributed by atoms with E-state index in [4.69, 9.17) is 0 Å². The summed E-state index contributed by atoms with van der Waals surface area (Å²) in [4.78, 5) is 3.98. The number of rotatable bonds is 5. The molecule has 0 bridgehead atoms. The van der Waals surface area contributed by atoms with Crippen molar-refractivity contribution in [1.82, 2.24) is 4.98 Å². The van der Waals surface area contributed by atoms with Crippen molar-refractivity contribution in [2.45, 2.75) is 39.7 Å². The lowest BCUT2D eigenvalue weighted by atomic mass is 9.95. The molecule has 1 aromatic heterocycles. The summed E-state index contributed by atoms with van der Waals surface area (Å²) < 4.78 is 12.6. The number of hydrogen-bond donors (Lipinski definition) is 1. The number of nitrogens with one attached hydrogen (secondary N) is 1. The quantitative estimate of drug-likeness (QED) is 0.805. The third-order valence-electron chi connectivity index (χ3n) is 2.86. The molecular formula is C12H19FN2. The molecule has 15 heavy (non-hydrogen) atoms. The molecular weight excluding hydrogens is 191 g/mol. The third-order valence-corrected chi connectivity index (χ3v) is 2.86. The molecule has 0 saturated carbocycles. The fourth-order valence-electron chi connectivity index (χ4n) is 1.81. The summed E-state index contributed by atoms with van der Waals surface area (Å²) in [6.45, 7) is 6.51. The SMILES string of the molecule is CCC(CC)C(C)Nc1ccc(F)cn1. The van der Waals surface area contributed by atoms with Crippen molar-refractivity contribution in [3.63, 3.8) is 0 Å². The zero-order valence-electron chi connectivity index (χ0n) is 9.63. The number of hydrogen-bond acceptors (Lipinski definition) is 2. The Morgan fingerprint density at radius 1 is 1.33 bits per heavy atom. The second kappa shape index (κ2) is 5.69. The Labute approximate surface area is 90.9 Å². The van der Waals surface area contributed by atoms with Gasteiger partial charge in [0.05, 0.1) is 6.20 Å². The molecule has 84 valence electrons. The Morgan fingerprint density at radius 2 is 2.00 bits per heavy atom. The summed E-state index contributed by atoms with van der Waals surface area (Å²) in [6.07, 6.45) is 3.53. The molecule has 0 radical (unpaired) electrons. The van der Waals surface area contributed by atoms with Gasteiger partial charge in [-0.25, -0.2) is 9.37 Å². The van der Waals surface area contributed by atoms with Crippen molar-refractivity contribution < 1.29 is 4.39 Å². The number of aromatic nitrogens is 1. The predicted octanol–water partition coefficient (Wildman–Crippen LogP) is 3.46. The van der Waals surface area contributed by atoms with E-state index >= 15 is 0 Å². The van der Waals surface area contributed by atoms with Gasteiger partial charge in [0.2, 0.25) is 0 Å². The molecule has 0 saturated heterocycles. The Kier molecular flexibility index (Phi) is 4.53. The zero-order valence-corrected chi connectivity index (χ0v) is 9.63. The second-order valence-electron chi connectivity index (χ2n) is 3.87. The molecule has 1 heterocycles. The number of anilines is 1. The first-order valence-electron chi connectivity index (χ1n) is 5.55. The molecule has 0 aliphatic rings. The molecule has 1 unspecified atom stereocenters. The highest BCUT2D eigenvalue weighted by Gasteiger charge is 2.13. The fourth-order valence-corrected chi connectivity index (χ4v) is 1.81. The van der Waals surface area contributed by atoms with Crippen molar-refractivity contribution in [2.75, 3.05) is 5.32 Å². The van der Waals surface area contributed by atoms with Crippen LogP contribution in [0.25, 0.3) is 0 Å². The molecule has 0 fully saturated rings. The van der Waals surface area contributed by atoms with E-state index in [-0.39, 0.29) is 5.82 Å². The molecule has 1 rings (SSSR count). The minimum atomic E-state index is -0.296. The van der Waals surface area contributed by atoms with E-state index < -0.39 is 0 Å². The van der Waals surface area contributed by atoms with E-state index in [1.54, 1.807) is 6.07 Å². The lowest BCUT2D eigenvalue weighted by Crippen LogP contribution is -2.25. The smallest absolute Gasteiger partial charge is 0.141 e. The lowest BCUT2D eigenvalue weighted by Gasteiger charge is -2.22. The van der Waals surface area contributed by atoms with E-state index in [9.17, 15) is 4.39 Å². The first-order chi connectivity index (χ1) is 7.17. The molecule has 0 aliphatic heterocycles. The van der Waals surface area contributed by atoms with Crippen LogP contribution in [0.1, 0.15) is 33.6 Å². The molecule has 1 N–H and O–H groups in total. The Hall–Kier alpha value is -1.12. The number of halogens is 1. The Bertz CT molecular complexity index is 280. The first-order valence-corrected chi connectivity index (χ1v) is 5.55. The van der Waals surface area contributed by atoms with Gasteiger partial charge >= 0.3 is 0 Å². The monoisotopic (exact) mass is 210 g/mol. The van der Waals surface area contributed by atoms with Gasteiger partial charge in [0.15, 0.2) is 0 Å². The van der Waals surface area contributed by atoms with Crippen molar-refractivity contribution in [3.8, 4) is 0 Å². The van der Waals surface area contributed by atoms with Crippen LogP contribution in [0.4, 0.5) is 10.2 Å². The second-order valence-corrected chi connectivity index (χ2v) is 3.87. The molecule has 0 aromatic carbocycles. The molecule has 2 nitrogen and oxygen atoms in total. The molecule has 0 amide bonds. The van der Waals surface area contributed by atoms with E-state index in [2.05, 4.69) is 31.1 Å². The zero-order chi connectivity index (χ0) is 11.3. The lowest BCUT2D eigenvalue weighted by molar-refractivity contribution is 0.437. The van der Waals surface area contributed by atoms with Crippen LogP contribution in [0, 0.1) is 11.7 Å². The molecule has 1 atom stereocenters. The van der Waals surface area contributed by atoms with Crippen LogP contribution in [0.2, 0.25) is 0 Å². The van der Waals surface area contributed by atoms with Gasteiger partial charge in [-0.05, 0) is 25.0 Å². The average molecular weight is 210 g/mol. The maximum Gasteiger partial charge on any atom is 0.141 e. The Morgan fingerprint density at radius 3 is 2.47 bits per heavy atom. The molecule has 1 aromatic rings. The van der Waals surface area contributed by atoms with Crippen LogP contribution >= 0.6 is 0 Å². The normalized spacial score (nSPS) is 12.9. The molecule has 0 spiro atoms. The van der Waals surface area contributed by atoms with E-state index in [1.165, 1.54) is 12.3 Å². The minimum Gasteiger partial charge on any atom is -0.367 e. The topological polar surface area (TPSA) is 24.9 Å². The summed E-state index contributed by atoms with van der Waals surface area (Å²) >= 11 is 0. The summed E-state index contributed by atoms with van der Waals surface area (Å²) in [5, 5.41) is 3.29. The predicted molar refractivity (Wildman–Crippen MR) is 61.4 cm³/mol. The fraction of sp³-hybridized carbons (Fsp3) is 0.583. The van der Waals surface area contributed by atoms with Gasteiger partial charge in [0, 0.05) is 6.04 Å². The van der Waals surface area contributed by atoms with Crippen LogP contribution in [-0.4, -0.2) is 11.0 Å². The standard InChI is InChI=1S/C12H19FN2/c1-4-10(5-2)9(3)15-12-7-6-11(13)8-14-12/h6-10H,4-5H2,1-3H3,(H,14,15). The van der Waals surface area contributed by atoms with Gasteiger partial charge in [-0.1, -0.05) is 26.7 Å². The van der Waals surface area contributed by atoms with Crippen LogP contribution in [0.5, 0.6) is 0 Å². The number of pyridine rings is 1. The van der Waals surface area contributed by atoms with Crippen LogP contribution in [-0.2, 0) is 0 Å². The van der Waals surface area contributed by atoms with Gasteiger partial charge < -0.3 is 5.32 Å². The van der Waals surface area contributed by atoms with Gasteiger partial charge in [0.25, 0.3) is 0 Å². The third kappa shape index (κ3) is 3.50. The van der Waals surface area contributed by atoms with E-state index in [0.29, 0.717) is 12.0 Å². The summed E-state index contributed by atoms with van der Waals surface area (Å²) in [5.41, 5.74) is 0. The maximum atomic E-state index is 12.6. The first kappa shape index (κ1) is 12.0. The van der Waals surface area contributed by atoms with Crippen LogP contribution in [0.3, 0.4) is 0 Å². The van der Waals surface area contributed by atoms with Gasteiger partial charge in [-0.2, -0.15) is 0 Å². The van der Waals surface area contributed by atoms with Crippen LogP contribution < -0.4 is 5.32 Å². The molecule has 0 aliphatic carbocycles. The summed E-state index contributed by atoms with van der Waals surface area (Å²) in [5.74, 6) is 1.09. The highest BCUT2D eigenvalue weighted by molar-refractivity contribution is 5.34. The van der Waals surface area contributed by atoms with E-state index in [0.717, 1.165) is 18.7 Å². The summed E-state index contributed by atoms with van der Waals surface area (Å²) in [6, 6.07) is 3.47. The van der Waals surface area contributed by atoms with Gasteiger partial charge in [-0.3, -0.25) is 0 Å². The van der Waals surface area contributed by atoms with E-state index in [1.807, 2.05) is 0 Å². The number of nitrogens with zero attached hydrogens (tertiary/aromatic N) is 1. The maximum absolute atomic E-state index is 12.6. The largest absolute Gasteiger partial charge is 0.367 e. The minimum absolute atomic E-state index is 0.296. The van der Waals surface area contributed by atoms with Crippen LogP contribution in [0.15, 0.2) is 18.3 Å². The van der Waals surface area contributed by atoms with Crippen molar-refractivity contribution in [1.29, 1.82) is 0 Å². The highest BCUT2D eigenvalue weighted by atomic mass is 19.1. The van der Waals surface area contributed by atoms with Crippen molar-refractivity contribution >= 4 is 5.82 Å². The van der Waals surface area contributed by atoms with Crippen molar-refractivity contribution in [2.24, 2.45) is 5.92 Å². The summed E-state index contributed by atoms with van der Waals surface area (Å²) in [7, 11) is 0. The highest BCUT2D eigenvalue weighted by Crippen LogP contribution is 2.16.